The van der Waals surface area contributed by atoms with Crippen LogP contribution in [0, 0.1) is 13.8 Å². The van der Waals surface area contributed by atoms with Crippen molar-refractivity contribution in [3.8, 4) is 0 Å². The van der Waals surface area contributed by atoms with E-state index in [1.807, 2.05) is 13.8 Å². The molecule has 0 aliphatic carbocycles. The molecule has 0 saturated heterocycles. The van der Waals surface area contributed by atoms with Gasteiger partial charge in [0.25, 0.3) is 0 Å². The first-order valence-corrected chi connectivity index (χ1v) is 4.13. The molecule has 0 unspecified atom stereocenters. The molecule has 0 aliphatic heterocycles. The Hall–Kier alpha value is -1.12. The third-order valence-corrected chi connectivity index (χ3v) is 1.85. The smallest absolute Gasteiger partial charge is 0.130 e. The maximum atomic E-state index is 5.77. The maximum Gasteiger partial charge on any atom is 0.130 e. The van der Waals surface area contributed by atoms with Crippen molar-refractivity contribution in [1.82, 2.24) is 9.97 Å². The predicted octanol–water partition coefficient (Wildman–Crippen LogP) is 1.80. The van der Waals surface area contributed by atoms with Crippen LogP contribution in [0.25, 0.3) is 0 Å². The maximum absolute atomic E-state index is 5.77. The molecule has 0 aromatic carbocycles. The van der Waals surface area contributed by atoms with Crippen LogP contribution in [0.5, 0.6) is 0 Å². The van der Waals surface area contributed by atoms with Crippen molar-refractivity contribution in [1.29, 1.82) is 0 Å². The number of hydrogen-bond acceptors (Lipinski definition) is 3. The highest BCUT2D eigenvalue weighted by Crippen LogP contribution is 2.22. The van der Waals surface area contributed by atoms with E-state index in [2.05, 4.69) is 23.8 Å². The number of nitrogens with zero attached hydrogens (tertiary/aromatic N) is 2. The molecule has 0 aliphatic rings. The van der Waals surface area contributed by atoms with E-state index in [-0.39, 0.29) is 0 Å². The standard InChI is InChI=1S/C9H15N3/c1-5(2)8-6(3)11-7(4)12-9(8)10/h5H,1-4H3,(H2,10,11,12). The molecule has 12 heavy (non-hydrogen) atoms. The monoisotopic (exact) mass is 165 g/mol. The van der Waals surface area contributed by atoms with Gasteiger partial charge < -0.3 is 5.73 Å². The quantitative estimate of drug-likeness (QED) is 0.690. The van der Waals surface area contributed by atoms with Crippen molar-refractivity contribution >= 4 is 5.82 Å². The second kappa shape index (κ2) is 3.09. The Bertz CT molecular complexity index is 269. The van der Waals surface area contributed by atoms with Crippen LogP contribution in [-0.4, -0.2) is 9.97 Å². The second-order valence-corrected chi connectivity index (χ2v) is 3.31. The summed E-state index contributed by atoms with van der Waals surface area (Å²) < 4.78 is 0. The van der Waals surface area contributed by atoms with Gasteiger partial charge in [-0.15, -0.1) is 0 Å². The largest absolute Gasteiger partial charge is 0.383 e. The summed E-state index contributed by atoms with van der Waals surface area (Å²) in [5.74, 6) is 1.76. The first-order chi connectivity index (χ1) is 5.52. The molecule has 0 radical (unpaired) electrons. The molecule has 0 bridgehead atoms. The van der Waals surface area contributed by atoms with Crippen LogP contribution in [0.15, 0.2) is 0 Å². The number of nitrogen functional groups attached to an aromatic ring is 1. The van der Waals surface area contributed by atoms with E-state index in [4.69, 9.17) is 5.73 Å². The molecule has 0 fully saturated rings. The molecule has 1 heterocycles. The highest BCUT2D eigenvalue weighted by molar-refractivity contribution is 5.43. The average Bonchev–Trinajstić information content (AvgIpc) is 1.82. The summed E-state index contributed by atoms with van der Waals surface area (Å²) in [6, 6.07) is 0. The van der Waals surface area contributed by atoms with Crippen molar-refractivity contribution in [3.63, 3.8) is 0 Å². The molecule has 3 heteroatoms. The van der Waals surface area contributed by atoms with Gasteiger partial charge in [-0.2, -0.15) is 0 Å². The summed E-state index contributed by atoms with van der Waals surface area (Å²) in [5, 5.41) is 0. The lowest BCUT2D eigenvalue weighted by atomic mass is 10.0. The zero-order valence-corrected chi connectivity index (χ0v) is 8.05. The summed E-state index contributed by atoms with van der Waals surface area (Å²) in [5.41, 5.74) is 7.84. The molecule has 3 nitrogen and oxygen atoms in total. The number of nitrogens with two attached hydrogens (primary N) is 1. The highest BCUT2D eigenvalue weighted by atomic mass is 14.9. The molecule has 0 amide bonds. The van der Waals surface area contributed by atoms with Gasteiger partial charge in [0, 0.05) is 11.3 Å². The minimum Gasteiger partial charge on any atom is -0.383 e. The number of aromatic nitrogens is 2. The Morgan fingerprint density at radius 2 is 1.75 bits per heavy atom. The Morgan fingerprint density at radius 3 is 2.17 bits per heavy atom. The third kappa shape index (κ3) is 1.55. The van der Waals surface area contributed by atoms with Crippen LogP contribution in [-0.2, 0) is 0 Å². The van der Waals surface area contributed by atoms with Crippen LogP contribution in [0.2, 0.25) is 0 Å². The summed E-state index contributed by atoms with van der Waals surface area (Å²) in [4.78, 5) is 8.39. The van der Waals surface area contributed by atoms with E-state index in [1.165, 1.54) is 0 Å². The minimum absolute atomic E-state index is 0.394. The van der Waals surface area contributed by atoms with Gasteiger partial charge in [-0.3, -0.25) is 0 Å². The molecule has 66 valence electrons. The van der Waals surface area contributed by atoms with Gasteiger partial charge in [-0.05, 0) is 19.8 Å². The first-order valence-electron chi connectivity index (χ1n) is 4.13. The SMILES string of the molecule is Cc1nc(C)c(C(C)C)c(N)n1. The predicted molar refractivity (Wildman–Crippen MR) is 50.0 cm³/mol. The number of aryl methyl sites for hydroxylation is 2. The molecule has 0 atom stereocenters. The Labute approximate surface area is 73.0 Å². The lowest BCUT2D eigenvalue weighted by molar-refractivity contribution is 0.825. The van der Waals surface area contributed by atoms with Gasteiger partial charge >= 0.3 is 0 Å². The minimum atomic E-state index is 0.394. The highest BCUT2D eigenvalue weighted by Gasteiger charge is 2.10. The second-order valence-electron chi connectivity index (χ2n) is 3.31. The fourth-order valence-corrected chi connectivity index (χ4v) is 1.46. The van der Waals surface area contributed by atoms with Crippen LogP contribution in [0.4, 0.5) is 5.82 Å². The summed E-state index contributed by atoms with van der Waals surface area (Å²) >= 11 is 0. The normalized spacial score (nSPS) is 10.8. The van der Waals surface area contributed by atoms with Gasteiger partial charge in [-0.1, -0.05) is 13.8 Å². The van der Waals surface area contributed by atoms with E-state index < -0.39 is 0 Å². The topological polar surface area (TPSA) is 51.8 Å². The van der Waals surface area contributed by atoms with Gasteiger partial charge in [-0.25, -0.2) is 9.97 Å². The van der Waals surface area contributed by atoms with E-state index in [9.17, 15) is 0 Å². The number of hydrogen-bond donors (Lipinski definition) is 1. The van der Waals surface area contributed by atoms with Crippen LogP contribution >= 0.6 is 0 Å². The average molecular weight is 165 g/mol. The lowest BCUT2D eigenvalue weighted by Gasteiger charge is -2.11. The zero-order chi connectivity index (χ0) is 9.30. The molecule has 1 aromatic rings. The van der Waals surface area contributed by atoms with Crippen molar-refractivity contribution < 1.29 is 0 Å². The van der Waals surface area contributed by atoms with Crippen molar-refractivity contribution in [2.24, 2.45) is 0 Å². The third-order valence-electron chi connectivity index (χ3n) is 1.85. The van der Waals surface area contributed by atoms with E-state index in [1.54, 1.807) is 0 Å². The Morgan fingerprint density at radius 1 is 1.17 bits per heavy atom. The molecule has 2 N–H and O–H groups in total. The number of rotatable bonds is 1. The van der Waals surface area contributed by atoms with E-state index >= 15 is 0 Å². The summed E-state index contributed by atoms with van der Waals surface area (Å²) in [6.45, 7) is 8.02. The lowest BCUT2D eigenvalue weighted by Crippen LogP contribution is -2.06. The first kappa shape index (κ1) is 8.97. The Kier molecular flexibility index (Phi) is 2.31. The number of anilines is 1. The Balaban J connectivity index is 3.28. The zero-order valence-electron chi connectivity index (χ0n) is 8.05. The molecular formula is C9H15N3. The van der Waals surface area contributed by atoms with Crippen LogP contribution < -0.4 is 5.73 Å². The van der Waals surface area contributed by atoms with Crippen LogP contribution in [0.3, 0.4) is 0 Å². The molecule has 1 rings (SSSR count). The van der Waals surface area contributed by atoms with Gasteiger partial charge in [0.1, 0.15) is 11.6 Å². The van der Waals surface area contributed by atoms with Gasteiger partial charge in [0.15, 0.2) is 0 Å². The summed E-state index contributed by atoms with van der Waals surface area (Å²) in [6.07, 6.45) is 0. The molecular weight excluding hydrogens is 150 g/mol. The van der Waals surface area contributed by atoms with Gasteiger partial charge in [0.2, 0.25) is 0 Å². The molecule has 1 aromatic heterocycles. The van der Waals surface area contributed by atoms with Crippen molar-refractivity contribution in [2.45, 2.75) is 33.6 Å². The fraction of sp³-hybridized carbons (Fsp3) is 0.556. The molecule has 0 saturated carbocycles. The van der Waals surface area contributed by atoms with Gasteiger partial charge in [0.05, 0.1) is 0 Å². The fourth-order valence-electron chi connectivity index (χ4n) is 1.46. The van der Waals surface area contributed by atoms with Crippen molar-refractivity contribution in [2.75, 3.05) is 5.73 Å². The van der Waals surface area contributed by atoms with Crippen molar-refractivity contribution in [3.05, 3.63) is 17.1 Å². The summed E-state index contributed by atoms with van der Waals surface area (Å²) in [7, 11) is 0. The molecule has 0 spiro atoms. The van der Waals surface area contributed by atoms with Crippen LogP contribution in [0.1, 0.15) is 36.8 Å². The van der Waals surface area contributed by atoms with E-state index in [0.29, 0.717) is 11.7 Å². The van der Waals surface area contributed by atoms with E-state index in [0.717, 1.165) is 17.1 Å².